The second kappa shape index (κ2) is 7.74. The van der Waals surface area contributed by atoms with Gasteiger partial charge in [-0.25, -0.2) is 9.78 Å². The second-order valence-corrected chi connectivity index (χ2v) is 7.92. The van der Waals surface area contributed by atoms with E-state index in [1.807, 2.05) is 0 Å². The first-order valence-corrected chi connectivity index (χ1v) is 9.69. The lowest BCUT2D eigenvalue weighted by Gasteiger charge is -2.50. The molecule has 1 aromatic rings. The van der Waals surface area contributed by atoms with Gasteiger partial charge in [0.05, 0.1) is 5.54 Å². The molecule has 158 valence electrons. The molecule has 1 atom stereocenters. The number of carboxylic acids is 1. The van der Waals surface area contributed by atoms with E-state index >= 15 is 0 Å². The molecule has 29 heavy (non-hydrogen) atoms. The van der Waals surface area contributed by atoms with Crippen molar-refractivity contribution >= 4 is 50.4 Å². The second-order valence-electron chi connectivity index (χ2n) is 6.03. The van der Waals surface area contributed by atoms with Gasteiger partial charge in [0, 0.05) is 5.38 Å². The average Bonchev–Trinajstić information content (AvgIpc) is 3.02. The van der Waals surface area contributed by atoms with E-state index in [0.717, 1.165) is 11.3 Å². The first-order valence-electron chi connectivity index (χ1n) is 7.44. The fourth-order valence-corrected chi connectivity index (χ4v) is 3.16. The molecule has 1 fully saturated rings. The third-order valence-electron chi connectivity index (χ3n) is 3.59. The molecule has 0 saturated carbocycles. The summed E-state index contributed by atoms with van der Waals surface area (Å²) in [5.74, 6) is -4.30. The molecule has 1 aliphatic heterocycles. The van der Waals surface area contributed by atoms with Crippen LogP contribution in [0.25, 0.3) is 0 Å². The number of hydrogen-bond acceptors (Lipinski definition) is 11. The SMILES string of the molecule is C=C(O/N=C(/C(=O)NC1C(=O)N(OS(=O)(=O)O)C1(C)C)c1csc(N)n1)C(=O)O. The van der Waals surface area contributed by atoms with Gasteiger partial charge >= 0.3 is 16.4 Å². The molecule has 14 nitrogen and oxygen atoms in total. The summed E-state index contributed by atoms with van der Waals surface area (Å²) in [6.45, 7) is 5.80. The van der Waals surface area contributed by atoms with Gasteiger partial charge in [-0.05, 0) is 20.4 Å². The zero-order valence-corrected chi connectivity index (χ0v) is 16.5. The van der Waals surface area contributed by atoms with E-state index in [-0.39, 0.29) is 10.8 Å². The van der Waals surface area contributed by atoms with Gasteiger partial charge in [-0.15, -0.1) is 15.6 Å². The third-order valence-corrected chi connectivity index (χ3v) is 4.60. The lowest BCUT2D eigenvalue weighted by Crippen LogP contribution is -2.76. The molecular weight excluding hydrogens is 434 g/mol. The minimum atomic E-state index is -4.96. The molecule has 0 aliphatic carbocycles. The standard InChI is InChI=1S/C13H15N5O9S2/c1-5(11(21)22)26-17-7(6-4-28-12(14)15-6)9(19)16-8-10(20)18(13(8,2)3)27-29(23,24)25/h4,8H,1H2,2-3H3,(H2,14,15)(H,16,19)(H,21,22)(H,23,24,25)/b17-7+. The minimum absolute atomic E-state index is 0.0705. The van der Waals surface area contributed by atoms with E-state index in [1.54, 1.807) is 0 Å². The summed E-state index contributed by atoms with van der Waals surface area (Å²) in [6, 6.07) is -1.28. The van der Waals surface area contributed by atoms with Crippen molar-refractivity contribution in [3.63, 3.8) is 0 Å². The highest BCUT2D eigenvalue weighted by molar-refractivity contribution is 7.80. The predicted octanol–water partition coefficient (Wildman–Crippen LogP) is -1.12. The van der Waals surface area contributed by atoms with Crippen molar-refractivity contribution in [1.29, 1.82) is 0 Å². The number of oxime groups is 1. The number of β-lactam (4-membered cyclic amide) rings is 1. The number of hydroxylamine groups is 2. The Bertz CT molecular complexity index is 1010. The average molecular weight is 449 g/mol. The van der Waals surface area contributed by atoms with Gasteiger partial charge in [-0.2, -0.15) is 13.5 Å². The van der Waals surface area contributed by atoms with Crippen molar-refractivity contribution in [3.05, 3.63) is 23.4 Å². The van der Waals surface area contributed by atoms with Crippen LogP contribution in [0.4, 0.5) is 5.13 Å². The van der Waals surface area contributed by atoms with Gasteiger partial charge < -0.3 is 21.0 Å². The summed E-state index contributed by atoms with van der Waals surface area (Å²) in [7, 11) is -4.96. The van der Waals surface area contributed by atoms with E-state index in [4.69, 9.17) is 15.4 Å². The van der Waals surface area contributed by atoms with Gasteiger partial charge in [0.15, 0.2) is 10.8 Å². The van der Waals surface area contributed by atoms with Crippen LogP contribution >= 0.6 is 11.3 Å². The van der Waals surface area contributed by atoms with Gasteiger partial charge in [-0.1, -0.05) is 5.16 Å². The van der Waals surface area contributed by atoms with Crippen LogP contribution in [0.5, 0.6) is 0 Å². The molecule has 0 aromatic carbocycles. The van der Waals surface area contributed by atoms with Gasteiger partial charge in [0.2, 0.25) is 5.76 Å². The Morgan fingerprint density at radius 2 is 2.10 bits per heavy atom. The number of nitrogens with zero attached hydrogens (tertiary/aromatic N) is 3. The fourth-order valence-electron chi connectivity index (χ4n) is 2.16. The number of anilines is 1. The van der Waals surface area contributed by atoms with Crippen molar-refractivity contribution in [3.8, 4) is 0 Å². The highest BCUT2D eigenvalue weighted by Crippen LogP contribution is 2.32. The monoisotopic (exact) mass is 449 g/mol. The maximum Gasteiger partial charge on any atom is 0.418 e. The van der Waals surface area contributed by atoms with Crippen LogP contribution in [0, 0.1) is 0 Å². The summed E-state index contributed by atoms with van der Waals surface area (Å²) >= 11 is 0.958. The fraction of sp³-hybridized carbons (Fsp3) is 0.308. The van der Waals surface area contributed by atoms with Gasteiger partial charge in [-0.3, -0.25) is 14.1 Å². The van der Waals surface area contributed by atoms with E-state index in [0.29, 0.717) is 5.06 Å². The largest absolute Gasteiger partial charge is 0.475 e. The first kappa shape index (κ1) is 22.2. The summed E-state index contributed by atoms with van der Waals surface area (Å²) in [5, 5.41) is 16.2. The van der Waals surface area contributed by atoms with Gasteiger partial charge in [0.25, 0.3) is 11.8 Å². The maximum absolute atomic E-state index is 12.6. The topological polar surface area (TPSA) is 211 Å². The van der Waals surface area contributed by atoms with Crippen LogP contribution < -0.4 is 11.1 Å². The number of carbonyl (C=O) groups excluding carboxylic acids is 2. The van der Waals surface area contributed by atoms with E-state index < -0.39 is 51.2 Å². The van der Waals surface area contributed by atoms with Crippen molar-refractivity contribution in [2.45, 2.75) is 25.4 Å². The molecular formula is C13H15N5O9S2. The molecule has 1 aliphatic rings. The molecule has 0 spiro atoms. The lowest BCUT2D eigenvalue weighted by molar-refractivity contribution is -0.218. The van der Waals surface area contributed by atoms with Crippen molar-refractivity contribution in [1.82, 2.24) is 15.4 Å². The molecule has 1 saturated heterocycles. The zero-order valence-electron chi connectivity index (χ0n) is 14.8. The van der Waals surface area contributed by atoms with Crippen molar-refractivity contribution in [2.75, 3.05) is 5.73 Å². The minimum Gasteiger partial charge on any atom is -0.475 e. The number of aliphatic carboxylic acids is 1. The zero-order chi connectivity index (χ0) is 22.1. The molecule has 2 amide bonds. The Morgan fingerprint density at radius 3 is 2.55 bits per heavy atom. The van der Waals surface area contributed by atoms with Crippen molar-refractivity contribution in [2.24, 2.45) is 5.16 Å². The van der Waals surface area contributed by atoms with Crippen LogP contribution in [0.15, 0.2) is 22.9 Å². The molecule has 5 N–H and O–H groups in total. The van der Waals surface area contributed by atoms with Crippen molar-refractivity contribution < 1.29 is 41.6 Å². The Morgan fingerprint density at radius 1 is 1.48 bits per heavy atom. The van der Waals surface area contributed by atoms with Crippen LogP contribution in [-0.4, -0.2) is 63.2 Å². The molecule has 1 unspecified atom stereocenters. The number of carboxylic acid groups (broad SMARTS) is 1. The summed E-state index contributed by atoms with van der Waals surface area (Å²) in [4.78, 5) is 43.9. The molecule has 0 radical (unpaired) electrons. The quantitative estimate of drug-likeness (QED) is 0.0932. The highest BCUT2D eigenvalue weighted by Gasteiger charge is 2.58. The molecule has 1 aromatic heterocycles. The Labute approximate surface area is 167 Å². The summed E-state index contributed by atoms with van der Waals surface area (Å²) in [5.41, 5.74) is 3.55. The van der Waals surface area contributed by atoms with Gasteiger partial charge in [0.1, 0.15) is 11.7 Å². The Kier molecular flexibility index (Phi) is 5.93. The number of thiazole rings is 1. The van der Waals surface area contributed by atoms with Crippen LogP contribution in [-0.2, 0) is 33.9 Å². The Balaban J connectivity index is 2.24. The third kappa shape index (κ3) is 4.86. The number of carbonyl (C=O) groups is 3. The van der Waals surface area contributed by atoms with Crippen LogP contribution in [0.1, 0.15) is 19.5 Å². The number of hydrogen-bond donors (Lipinski definition) is 4. The normalized spacial score (nSPS) is 18.7. The predicted molar refractivity (Wildman–Crippen MR) is 96.4 cm³/mol. The maximum atomic E-state index is 12.6. The smallest absolute Gasteiger partial charge is 0.418 e. The summed E-state index contributed by atoms with van der Waals surface area (Å²) in [6.07, 6.45) is 0. The molecule has 16 heteroatoms. The molecule has 0 bridgehead atoms. The number of nitrogens with two attached hydrogens (primary N) is 1. The number of nitrogen functional groups attached to an aromatic ring is 1. The number of nitrogens with one attached hydrogen (secondary N) is 1. The number of amides is 2. The highest BCUT2D eigenvalue weighted by atomic mass is 32.3. The van der Waals surface area contributed by atoms with E-state index in [1.165, 1.54) is 19.2 Å². The molecule has 2 heterocycles. The van der Waals surface area contributed by atoms with E-state index in [2.05, 4.69) is 31.2 Å². The van der Waals surface area contributed by atoms with Crippen LogP contribution in [0.2, 0.25) is 0 Å². The number of rotatable bonds is 8. The molecule has 2 rings (SSSR count). The van der Waals surface area contributed by atoms with Crippen LogP contribution in [0.3, 0.4) is 0 Å². The number of aromatic nitrogens is 1. The Hall–Kier alpha value is -3.08. The first-order chi connectivity index (χ1) is 13.2. The lowest BCUT2D eigenvalue weighted by atomic mass is 9.84. The van der Waals surface area contributed by atoms with E-state index in [9.17, 15) is 22.8 Å². The summed E-state index contributed by atoms with van der Waals surface area (Å²) < 4.78 is 34.6.